The van der Waals surface area contributed by atoms with Crippen molar-refractivity contribution >= 4 is 11.8 Å². The Labute approximate surface area is 143 Å². The molecule has 0 aromatic heterocycles. The molecule has 1 N–H and O–H groups in total. The van der Waals surface area contributed by atoms with Crippen molar-refractivity contribution in [3.63, 3.8) is 0 Å². The van der Waals surface area contributed by atoms with Gasteiger partial charge in [0, 0.05) is 25.6 Å². The third kappa shape index (κ3) is 3.61. The third-order valence-electron chi connectivity index (χ3n) is 5.27. The average Bonchev–Trinajstić information content (AvgIpc) is 3.25. The van der Waals surface area contributed by atoms with Gasteiger partial charge >= 0.3 is 0 Å². The summed E-state index contributed by atoms with van der Waals surface area (Å²) in [5.41, 5.74) is 0.982. The third-order valence-corrected chi connectivity index (χ3v) is 5.27. The second-order valence-electron chi connectivity index (χ2n) is 6.98. The molecule has 2 fully saturated rings. The van der Waals surface area contributed by atoms with Gasteiger partial charge in [0.15, 0.2) is 0 Å². The fraction of sp³-hybridized carbons (Fsp3) is 0.579. The van der Waals surface area contributed by atoms with Crippen molar-refractivity contribution in [2.45, 2.75) is 44.8 Å². The lowest BCUT2D eigenvalue weighted by Gasteiger charge is -2.28. The monoisotopic (exact) mass is 330 g/mol. The van der Waals surface area contributed by atoms with Gasteiger partial charge in [0.05, 0.1) is 12.5 Å². The molecule has 130 valence electrons. The van der Waals surface area contributed by atoms with Gasteiger partial charge in [-0.1, -0.05) is 30.3 Å². The van der Waals surface area contributed by atoms with Crippen LogP contribution >= 0.6 is 0 Å². The van der Waals surface area contributed by atoms with Gasteiger partial charge in [-0.3, -0.25) is 9.59 Å². The number of carbonyl (C=O) groups excluding carboxylic acids is 2. The second-order valence-corrected chi connectivity index (χ2v) is 6.98. The molecule has 0 bridgehead atoms. The van der Waals surface area contributed by atoms with Crippen molar-refractivity contribution < 1.29 is 14.7 Å². The van der Waals surface area contributed by atoms with Gasteiger partial charge in [0.2, 0.25) is 11.8 Å². The highest BCUT2D eigenvalue weighted by molar-refractivity contribution is 5.89. The number of rotatable bonds is 4. The first-order valence-corrected chi connectivity index (χ1v) is 8.86. The Hall–Kier alpha value is -1.88. The fourth-order valence-electron chi connectivity index (χ4n) is 3.79. The van der Waals surface area contributed by atoms with Crippen LogP contribution in [0.3, 0.4) is 0 Å². The van der Waals surface area contributed by atoms with Crippen LogP contribution in [-0.2, 0) is 16.0 Å². The molecule has 24 heavy (non-hydrogen) atoms. The molecule has 5 heteroatoms. The van der Waals surface area contributed by atoms with Crippen LogP contribution in [0.15, 0.2) is 30.3 Å². The van der Waals surface area contributed by atoms with E-state index in [1.54, 1.807) is 11.8 Å². The number of hydrogen-bond acceptors (Lipinski definition) is 3. The molecule has 3 rings (SSSR count). The van der Waals surface area contributed by atoms with Crippen molar-refractivity contribution in [3.05, 3.63) is 35.9 Å². The number of aliphatic hydroxyl groups is 1. The lowest BCUT2D eigenvalue weighted by atomic mass is 10.0. The minimum Gasteiger partial charge on any atom is -0.393 e. The Kier molecular flexibility index (Phi) is 5.19. The summed E-state index contributed by atoms with van der Waals surface area (Å²) < 4.78 is 0. The van der Waals surface area contributed by atoms with Crippen molar-refractivity contribution in [2.75, 3.05) is 19.6 Å². The number of nitrogens with zero attached hydrogens (tertiary/aromatic N) is 2. The highest BCUT2D eigenvalue weighted by Crippen LogP contribution is 2.25. The van der Waals surface area contributed by atoms with E-state index < -0.39 is 0 Å². The zero-order valence-corrected chi connectivity index (χ0v) is 14.2. The van der Waals surface area contributed by atoms with Gasteiger partial charge in [-0.25, -0.2) is 0 Å². The van der Waals surface area contributed by atoms with Crippen LogP contribution in [0.4, 0.5) is 0 Å². The predicted octanol–water partition coefficient (Wildman–Crippen LogP) is 1.45. The van der Waals surface area contributed by atoms with Crippen LogP contribution in [0.1, 0.15) is 31.7 Å². The summed E-state index contributed by atoms with van der Waals surface area (Å²) in [5, 5.41) is 9.72. The van der Waals surface area contributed by atoms with E-state index in [4.69, 9.17) is 0 Å². The molecular weight excluding hydrogens is 304 g/mol. The van der Waals surface area contributed by atoms with Gasteiger partial charge in [-0.05, 0) is 31.7 Å². The summed E-state index contributed by atoms with van der Waals surface area (Å²) in [7, 11) is 0. The molecular formula is C19H26N2O3. The molecule has 0 saturated carbocycles. The lowest BCUT2D eigenvalue weighted by Crippen LogP contribution is -2.47. The van der Waals surface area contributed by atoms with E-state index in [2.05, 4.69) is 0 Å². The number of aliphatic hydroxyl groups excluding tert-OH is 1. The minimum atomic E-state index is -0.387. The summed E-state index contributed by atoms with van der Waals surface area (Å²) in [6.07, 6.45) is 2.43. The summed E-state index contributed by atoms with van der Waals surface area (Å²) in [6.45, 7) is 3.74. The average molecular weight is 330 g/mol. The summed E-state index contributed by atoms with van der Waals surface area (Å²) in [6, 6.07) is 9.35. The smallest absolute Gasteiger partial charge is 0.245 e. The van der Waals surface area contributed by atoms with Gasteiger partial charge in [-0.15, -0.1) is 0 Å². The molecule has 0 aliphatic carbocycles. The molecule has 2 saturated heterocycles. The largest absolute Gasteiger partial charge is 0.393 e. The number of carbonyl (C=O) groups is 2. The Morgan fingerprint density at radius 2 is 1.96 bits per heavy atom. The standard InChI is InChI=1S/C19H26N2O3/c1-14(22)16-9-11-20(13-16)19(24)17-8-5-10-21(17)18(23)12-15-6-3-2-4-7-15/h2-4,6-7,14,16-17,22H,5,8-13H2,1H3. The minimum absolute atomic E-state index is 0.0309. The first-order valence-electron chi connectivity index (χ1n) is 8.86. The first kappa shape index (κ1) is 17.0. The van der Waals surface area contributed by atoms with E-state index in [9.17, 15) is 14.7 Å². The molecule has 0 radical (unpaired) electrons. The SMILES string of the molecule is CC(O)C1CCN(C(=O)C2CCCN2C(=O)Cc2ccccc2)C1. The van der Waals surface area contributed by atoms with E-state index in [1.807, 2.05) is 35.2 Å². The number of amides is 2. The highest BCUT2D eigenvalue weighted by Gasteiger charge is 2.39. The Morgan fingerprint density at radius 3 is 2.62 bits per heavy atom. The van der Waals surface area contributed by atoms with E-state index in [1.165, 1.54) is 0 Å². The fourth-order valence-corrected chi connectivity index (χ4v) is 3.79. The van der Waals surface area contributed by atoms with Crippen LogP contribution < -0.4 is 0 Å². The Bertz CT molecular complexity index is 588. The normalized spacial score (nSPS) is 25.1. The van der Waals surface area contributed by atoms with Crippen molar-refractivity contribution in [1.29, 1.82) is 0 Å². The van der Waals surface area contributed by atoms with Crippen LogP contribution in [0.25, 0.3) is 0 Å². The molecule has 3 atom stereocenters. The highest BCUT2D eigenvalue weighted by atomic mass is 16.3. The predicted molar refractivity (Wildman–Crippen MR) is 91.2 cm³/mol. The molecule has 2 aliphatic heterocycles. The van der Waals surface area contributed by atoms with Crippen molar-refractivity contribution in [2.24, 2.45) is 5.92 Å². The van der Waals surface area contributed by atoms with Crippen LogP contribution in [0, 0.1) is 5.92 Å². The van der Waals surface area contributed by atoms with Crippen LogP contribution in [0.5, 0.6) is 0 Å². The molecule has 2 aliphatic rings. The molecule has 2 heterocycles. The zero-order valence-electron chi connectivity index (χ0n) is 14.2. The van der Waals surface area contributed by atoms with Crippen molar-refractivity contribution in [1.82, 2.24) is 9.80 Å². The molecule has 1 aromatic carbocycles. The summed E-state index contributed by atoms with van der Waals surface area (Å²) in [5.74, 6) is 0.240. The Morgan fingerprint density at radius 1 is 1.21 bits per heavy atom. The van der Waals surface area contributed by atoms with Crippen molar-refractivity contribution in [3.8, 4) is 0 Å². The molecule has 0 spiro atoms. The number of hydrogen-bond donors (Lipinski definition) is 1. The van der Waals surface area contributed by atoms with Gasteiger partial charge in [0.1, 0.15) is 6.04 Å². The first-order chi connectivity index (χ1) is 11.6. The summed E-state index contributed by atoms with van der Waals surface area (Å²) >= 11 is 0. The molecule has 3 unspecified atom stereocenters. The van der Waals surface area contributed by atoms with E-state index >= 15 is 0 Å². The number of likely N-dealkylation sites (tertiary alicyclic amines) is 2. The van der Waals surface area contributed by atoms with E-state index in [0.717, 1.165) is 24.8 Å². The molecule has 2 amide bonds. The van der Waals surface area contributed by atoms with Gasteiger partial charge in [-0.2, -0.15) is 0 Å². The van der Waals surface area contributed by atoms with Gasteiger partial charge < -0.3 is 14.9 Å². The maximum absolute atomic E-state index is 12.8. The quantitative estimate of drug-likeness (QED) is 0.909. The lowest BCUT2D eigenvalue weighted by molar-refractivity contribution is -0.143. The second kappa shape index (κ2) is 7.34. The van der Waals surface area contributed by atoms with Gasteiger partial charge in [0.25, 0.3) is 0 Å². The Balaban J connectivity index is 1.62. The topological polar surface area (TPSA) is 60.9 Å². The van der Waals surface area contributed by atoms with Crippen LogP contribution in [0.2, 0.25) is 0 Å². The van der Waals surface area contributed by atoms with E-state index in [0.29, 0.717) is 26.1 Å². The molecule has 5 nitrogen and oxygen atoms in total. The maximum Gasteiger partial charge on any atom is 0.245 e. The van der Waals surface area contributed by atoms with E-state index in [-0.39, 0.29) is 29.9 Å². The summed E-state index contributed by atoms with van der Waals surface area (Å²) in [4.78, 5) is 29.1. The van der Waals surface area contributed by atoms with Crippen LogP contribution in [-0.4, -0.2) is 58.5 Å². The number of benzene rings is 1. The maximum atomic E-state index is 12.8. The molecule has 1 aromatic rings. The zero-order chi connectivity index (χ0) is 17.1.